The number of rotatable bonds is 2. The molecule has 2 unspecified atom stereocenters. The molecule has 2 aromatic rings. The van der Waals surface area contributed by atoms with E-state index < -0.39 is 6.10 Å². The van der Waals surface area contributed by atoms with Crippen LogP contribution < -0.4 is 4.74 Å². The SMILES string of the molecule is CC(c1ccccc1)C1C[C@H](O)c2cc(Br)ccc2O1. The molecule has 0 saturated heterocycles. The van der Waals surface area contributed by atoms with Gasteiger partial charge in [0, 0.05) is 22.4 Å². The van der Waals surface area contributed by atoms with E-state index in [4.69, 9.17) is 4.74 Å². The first-order valence-corrected chi connectivity index (χ1v) is 7.63. The largest absolute Gasteiger partial charge is 0.489 e. The summed E-state index contributed by atoms with van der Waals surface area (Å²) in [5.41, 5.74) is 2.11. The molecule has 1 heterocycles. The Hall–Kier alpha value is -1.32. The van der Waals surface area contributed by atoms with Crippen LogP contribution in [0, 0.1) is 0 Å². The smallest absolute Gasteiger partial charge is 0.125 e. The van der Waals surface area contributed by atoms with Gasteiger partial charge in [0.1, 0.15) is 11.9 Å². The molecule has 20 heavy (non-hydrogen) atoms. The van der Waals surface area contributed by atoms with Crippen molar-refractivity contribution in [1.82, 2.24) is 0 Å². The van der Waals surface area contributed by atoms with E-state index in [9.17, 15) is 5.11 Å². The van der Waals surface area contributed by atoms with Crippen molar-refractivity contribution in [2.24, 2.45) is 0 Å². The summed E-state index contributed by atoms with van der Waals surface area (Å²) < 4.78 is 7.06. The Morgan fingerprint density at radius 2 is 1.95 bits per heavy atom. The minimum atomic E-state index is -0.465. The Labute approximate surface area is 127 Å². The summed E-state index contributed by atoms with van der Waals surface area (Å²) in [5, 5.41) is 10.4. The Bertz CT molecular complexity index is 597. The van der Waals surface area contributed by atoms with Crippen LogP contribution in [0.1, 0.15) is 36.5 Å². The first kappa shape index (κ1) is 13.7. The minimum Gasteiger partial charge on any atom is -0.489 e. The molecule has 1 aliphatic heterocycles. The van der Waals surface area contributed by atoms with Crippen LogP contribution in [0.4, 0.5) is 0 Å². The van der Waals surface area contributed by atoms with Crippen LogP contribution in [0.3, 0.4) is 0 Å². The molecule has 0 fully saturated rings. The van der Waals surface area contributed by atoms with Gasteiger partial charge in [0.05, 0.1) is 6.10 Å². The molecule has 0 amide bonds. The van der Waals surface area contributed by atoms with Gasteiger partial charge in [-0.05, 0) is 23.8 Å². The van der Waals surface area contributed by atoms with Gasteiger partial charge >= 0.3 is 0 Å². The number of hydrogen-bond donors (Lipinski definition) is 1. The lowest BCUT2D eigenvalue weighted by Crippen LogP contribution is -2.30. The van der Waals surface area contributed by atoms with Gasteiger partial charge in [0.25, 0.3) is 0 Å². The predicted octanol–water partition coefficient (Wildman–Crippen LogP) is 4.44. The maximum atomic E-state index is 10.4. The van der Waals surface area contributed by atoms with E-state index in [0.29, 0.717) is 6.42 Å². The molecule has 1 aliphatic rings. The normalized spacial score (nSPS) is 22.8. The van der Waals surface area contributed by atoms with E-state index in [2.05, 4.69) is 35.0 Å². The van der Waals surface area contributed by atoms with Gasteiger partial charge in [-0.15, -0.1) is 0 Å². The van der Waals surface area contributed by atoms with Crippen LogP contribution in [0.25, 0.3) is 0 Å². The van der Waals surface area contributed by atoms with E-state index in [1.807, 2.05) is 36.4 Å². The topological polar surface area (TPSA) is 29.5 Å². The molecule has 104 valence electrons. The first-order valence-electron chi connectivity index (χ1n) is 6.84. The second-order valence-corrected chi connectivity index (χ2v) is 6.20. The van der Waals surface area contributed by atoms with Crippen molar-refractivity contribution in [2.45, 2.75) is 31.5 Å². The van der Waals surface area contributed by atoms with Gasteiger partial charge in [-0.25, -0.2) is 0 Å². The number of aliphatic hydroxyl groups is 1. The number of fused-ring (bicyclic) bond motifs is 1. The van der Waals surface area contributed by atoms with E-state index >= 15 is 0 Å². The molecule has 0 saturated carbocycles. The summed E-state index contributed by atoms with van der Waals surface area (Å²) in [7, 11) is 0. The number of halogens is 1. The van der Waals surface area contributed by atoms with Crippen LogP contribution in [0.2, 0.25) is 0 Å². The molecule has 2 aromatic carbocycles. The van der Waals surface area contributed by atoms with Crippen molar-refractivity contribution in [3.63, 3.8) is 0 Å². The van der Waals surface area contributed by atoms with Gasteiger partial charge in [0.15, 0.2) is 0 Å². The number of ether oxygens (including phenoxy) is 1. The summed E-state index contributed by atoms with van der Waals surface area (Å²) >= 11 is 3.43. The zero-order valence-corrected chi connectivity index (χ0v) is 12.9. The van der Waals surface area contributed by atoms with Crippen molar-refractivity contribution in [3.8, 4) is 5.75 Å². The average Bonchev–Trinajstić information content (AvgIpc) is 2.48. The Kier molecular flexibility index (Phi) is 3.81. The third kappa shape index (κ3) is 2.60. The molecule has 3 atom stereocenters. The molecule has 0 radical (unpaired) electrons. The van der Waals surface area contributed by atoms with Crippen LogP contribution >= 0.6 is 15.9 Å². The molecule has 3 heteroatoms. The maximum Gasteiger partial charge on any atom is 0.125 e. The molecule has 0 spiro atoms. The third-order valence-corrected chi connectivity index (χ3v) is 4.44. The molecule has 0 bridgehead atoms. The minimum absolute atomic E-state index is 0.000996. The highest BCUT2D eigenvalue weighted by Crippen LogP contribution is 2.40. The van der Waals surface area contributed by atoms with Crippen molar-refractivity contribution in [1.29, 1.82) is 0 Å². The maximum absolute atomic E-state index is 10.4. The molecule has 1 N–H and O–H groups in total. The van der Waals surface area contributed by atoms with Crippen LogP contribution in [0.15, 0.2) is 53.0 Å². The van der Waals surface area contributed by atoms with Gasteiger partial charge < -0.3 is 9.84 Å². The fourth-order valence-electron chi connectivity index (χ4n) is 2.72. The van der Waals surface area contributed by atoms with Crippen LogP contribution in [-0.2, 0) is 0 Å². The quantitative estimate of drug-likeness (QED) is 0.881. The van der Waals surface area contributed by atoms with Gasteiger partial charge in [-0.2, -0.15) is 0 Å². The lowest BCUT2D eigenvalue weighted by molar-refractivity contribution is 0.0546. The lowest BCUT2D eigenvalue weighted by atomic mass is 9.88. The van der Waals surface area contributed by atoms with Gasteiger partial charge in [-0.3, -0.25) is 0 Å². The van der Waals surface area contributed by atoms with Crippen molar-refractivity contribution >= 4 is 15.9 Å². The summed E-state index contributed by atoms with van der Waals surface area (Å²) in [6, 6.07) is 16.1. The molecule has 0 aliphatic carbocycles. The molecule has 0 aromatic heterocycles. The average molecular weight is 333 g/mol. The highest BCUT2D eigenvalue weighted by Gasteiger charge is 2.31. The van der Waals surface area contributed by atoms with Crippen molar-refractivity contribution in [2.75, 3.05) is 0 Å². The van der Waals surface area contributed by atoms with E-state index in [0.717, 1.165) is 15.8 Å². The summed E-state index contributed by atoms with van der Waals surface area (Å²) in [5.74, 6) is 1.04. The number of benzene rings is 2. The summed E-state index contributed by atoms with van der Waals surface area (Å²) in [4.78, 5) is 0. The van der Waals surface area contributed by atoms with E-state index in [1.165, 1.54) is 5.56 Å². The lowest BCUT2D eigenvalue weighted by Gasteiger charge is -2.33. The highest BCUT2D eigenvalue weighted by atomic mass is 79.9. The highest BCUT2D eigenvalue weighted by molar-refractivity contribution is 9.10. The summed E-state index contributed by atoms with van der Waals surface area (Å²) in [6.45, 7) is 2.15. The van der Waals surface area contributed by atoms with Gasteiger partial charge in [-0.1, -0.05) is 53.2 Å². The molecular formula is C17H17BrO2. The fourth-order valence-corrected chi connectivity index (χ4v) is 3.10. The molecule has 2 nitrogen and oxygen atoms in total. The second-order valence-electron chi connectivity index (χ2n) is 5.29. The molecular weight excluding hydrogens is 316 g/mol. The van der Waals surface area contributed by atoms with E-state index in [1.54, 1.807) is 0 Å². The standard InChI is InChI=1S/C17H17BrO2/c1-11(12-5-3-2-4-6-12)17-10-15(19)14-9-13(18)7-8-16(14)20-17/h2-9,11,15,17,19H,10H2,1H3/t11?,15-,17?/m0/s1. The predicted molar refractivity (Wildman–Crippen MR) is 83.0 cm³/mol. The van der Waals surface area contributed by atoms with Gasteiger partial charge in [0.2, 0.25) is 0 Å². The van der Waals surface area contributed by atoms with Crippen LogP contribution in [0.5, 0.6) is 5.75 Å². The fraction of sp³-hybridized carbons (Fsp3) is 0.294. The van der Waals surface area contributed by atoms with Crippen molar-refractivity contribution in [3.05, 3.63) is 64.1 Å². The number of aliphatic hydroxyl groups excluding tert-OH is 1. The van der Waals surface area contributed by atoms with Crippen molar-refractivity contribution < 1.29 is 9.84 Å². The Balaban J connectivity index is 1.86. The second kappa shape index (κ2) is 5.58. The summed E-state index contributed by atoms with van der Waals surface area (Å²) in [6.07, 6.45) is 0.160. The van der Waals surface area contributed by atoms with Crippen LogP contribution in [-0.4, -0.2) is 11.2 Å². The Morgan fingerprint density at radius 3 is 2.70 bits per heavy atom. The zero-order valence-electron chi connectivity index (χ0n) is 11.3. The monoisotopic (exact) mass is 332 g/mol. The molecule has 3 rings (SSSR count). The first-order chi connectivity index (χ1) is 9.65. The zero-order chi connectivity index (χ0) is 14.1. The van der Waals surface area contributed by atoms with E-state index in [-0.39, 0.29) is 12.0 Å². The number of hydrogen-bond acceptors (Lipinski definition) is 2. The Morgan fingerprint density at radius 1 is 1.20 bits per heavy atom. The third-order valence-electron chi connectivity index (χ3n) is 3.95.